The zero-order valence-electron chi connectivity index (χ0n) is 15.8. The second-order valence-corrected chi connectivity index (χ2v) is 6.89. The number of nitrogens with one attached hydrogen (secondary N) is 3. The zero-order valence-corrected chi connectivity index (χ0v) is 16.7. The smallest absolute Gasteiger partial charge is 0.326 e. The predicted molar refractivity (Wildman–Crippen MR) is 103 cm³/mol. The fourth-order valence-corrected chi connectivity index (χ4v) is 2.48. The molecule has 0 heterocycles. The summed E-state index contributed by atoms with van der Waals surface area (Å²) in [5, 5.41) is 25.0. The van der Waals surface area contributed by atoms with Gasteiger partial charge in [-0.05, 0) is 18.8 Å². The van der Waals surface area contributed by atoms with Crippen LogP contribution in [0.1, 0.15) is 33.1 Å². The lowest BCUT2D eigenvalue weighted by atomic mass is 10.0. The third kappa shape index (κ3) is 10.1. The first-order chi connectivity index (χ1) is 13.0. The van der Waals surface area contributed by atoms with Gasteiger partial charge in [0.1, 0.15) is 18.1 Å². The highest BCUT2D eigenvalue weighted by Gasteiger charge is 2.29. The van der Waals surface area contributed by atoms with Crippen LogP contribution >= 0.6 is 12.6 Å². The maximum atomic E-state index is 12.4. The lowest BCUT2D eigenvalue weighted by molar-refractivity contribution is -0.142. The van der Waals surface area contributed by atoms with Gasteiger partial charge in [0.05, 0.1) is 6.54 Å². The Kier molecular flexibility index (Phi) is 11.9. The molecule has 0 aromatic rings. The van der Waals surface area contributed by atoms with Crippen molar-refractivity contribution in [3.8, 4) is 0 Å². The molecule has 3 amide bonds. The Balaban J connectivity index is 5.10. The Labute approximate surface area is 168 Å². The highest BCUT2D eigenvalue weighted by molar-refractivity contribution is 7.80. The molecule has 0 aromatic heterocycles. The number of thiol groups is 1. The van der Waals surface area contributed by atoms with Crippen LogP contribution in [0.3, 0.4) is 0 Å². The first-order valence-electron chi connectivity index (χ1n) is 8.67. The SMILES string of the molecule is CC(C)CC(NC(=O)C(CS)NC(=O)C(CCC(=O)O)NC(=O)CN)C(=O)O. The summed E-state index contributed by atoms with van der Waals surface area (Å²) in [7, 11) is 0. The molecule has 0 aliphatic rings. The van der Waals surface area contributed by atoms with E-state index in [-0.39, 0.29) is 24.5 Å². The Hall–Kier alpha value is -2.34. The Morgan fingerprint density at radius 2 is 1.46 bits per heavy atom. The number of hydrogen-bond acceptors (Lipinski definition) is 7. The van der Waals surface area contributed by atoms with Gasteiger partial charge in [0, 0.05) is 12.2 Å². The van der Waals surface area contributed by atoms with E-state index >= 15 is 0 Å². The number of amides is 3. The number of aliphatic carboxylic acids is 2. The number of carbonyl (C=O) groups excluding carboxylic acids is 3. The maximum Gasteiger partial charge on any atom is 0.326 e. The zero-order chi connectivity index (χ0) is 21.9. The van der Waals surface area contributed by atoms with E-state index in [4.69, 9.17) is 10.8 Å². The molecule has 0 radical (unpaired) electrons. The Morgan fingerprint density at radius 1 is 0.929 bits per heavy atom. The first-order valence-corrected chi connectivity index (χ1v) is 9.30. The molecule has 0 aliphatic carbocycles. The highest BCUT2D eigenvalue weighted by Crippen LogP contribution is 2.06. The summed E-state index contributed by atoms with van der Waals surface area (Å²) in [6.45, 7) is 3.20. The molecule has 0 bridgehead atoms. The summed E-state index contributed by atoms with van der Waals surface area (Å²) in [5.74, 6) is -4.71. The Morgan fingerprint density at radius 3 is 1.89 bits per heavy atom. The fourth-order valence-electron chi connectivity index (χ4n) is 2.22. The van der Waals surface area contributed by atoms with Crippen molar-refractivity contribution in [2.24, 2.45) is 11.7 Å². The molecule has 0 spiro atoms. The molecule has 160 valence electrons. The van der Waals surface area contributed by atoms with Gasteiger partial charge in [0.2, 0.25) is 17.7 Å². The van der Waals surface area contributed by atoms with Gasteiger partial charge in [-0.1, -0.05) is 13.8 Å². The highest BCUT2D eigenvalue weighted by atomic mass is 32.1. The number of rotatable bonds is 13. The van der Waals surface area contributed by atoms with Crippen LogP contribution < -0.4 is 21.7 Å². The van der Waals surface area contributed by atoms with Gasteiger partial charge in [-0.3, -0.25) is 19.2 Å². The van der Waals surface area contributed by atoms with E-state index in [1.165, 1.54) is 0 Å². The second kappa shape index (κ2) is 12.9. The standard InChI is InChI=1S/C16H28N4O7S/c1-8(2)5-10(16(26)27)19-15(25)11(7-28)20-14(24)9(3-4-13(22)23)18-12(21)6-17/h8-11,28H,3-7,17H2,1-2H3,(H,18,21)(H,19,25)(H,20,24)(H,22,23)(H,26,27). The van der Waals surface area contributed by atoms with Crippen molar-refractivity contribution in [1.82, 2.24) is 16.0 Å². The van der Waals surface area contributed by atoms with Crippen molar-refractivity contribution in [2.45, 2.75) is 51.2 Å². The van der Waals surface area contributed by atoms with Crippen LogP contribution in [0, 0.1) is 5.92 Å². The van der Waals surface area contributed by atoms with E-state index in [1.54, 1.807) is 13.8 Å². The molecule has 12 heteroatoms. The van der Waals surface area contributed by atoms with E-state index in [0.29, 0.717) is 0 Å². The number of nitrogens with two attached hydrogens (primary N) is 1. The fraction of sp³-hybridized carbons (Fsp3) is 0.688. The predicted octanol–water partition coefficient (Wildman–Crippen LogP) is -1.68. The van der Waals surface area contributed by atoms with Gasteiger partial charge < -0.3 is 31.9 Å². The molecule has 0 rings (SSSR count). The molecule has 28 heavy (non-hydrogen) atoms. The Bertz CT molecular complexity index is 585. The number of carbonyl (C=O) groups is 5. The van der Waals surface area contributed by atoms with E-state index in [1.807, 2.05) is 0 Å². The minimum Gasteiger partial charge on any atom is -0.481 e. The molecule has 7 N–H and O–H groups in total. The van der Waals surface area contributed by atoms with Crippen LogP contribution in [-0.2, 0) is 24.0 Å². The van der Waals surface area contributed by atoms with E-state index < -0.39 is 60.8 Å². The van der Waals surface area contributed by atoms with Crippen molar-refractivity contribution in [1.29, 1.82) is 0 Å². The molecular formula is C16H28N4O7S. The normalized spacial score (nSPS) is 13.9. The summed E-state index contributed by atoms with van der Waals surface area (Å²) >= 11 is 3.99. The molecule has 11 nitrogen and oxygen atoms in total. The van der Waals surface area contributed by atoms with Gasteiger partial charge in [-0.2, -0.15) is 12.6 Å². The molecular weight excluding hydrogens is 392 g/mol. The maximum absolute atomic E-state index is 12.4. The quantitative estimate of drug-likeness (QED) is 0.172. The minimum atomic E-state index is -1.21. The van der Waals surface area contributed by atoms with Crippen LogP contribution in [0.2, 0.25) is 0 Å². The van der Waals surface area contributed by atoms with Gasteiger partial charge in [-0.25, -0.2) is 4.79 Å². The third-order valence-corrected chi connectivity index (χ3v) is 3.99. The number of carboxylic acid groups (broad SMARTS) is 2. The lowest BCUT2D eigenvalue weighted by Gasteiger charge is -2.23. The summed E-state index contributed by atoms with van der Waals surface area (Å²) < 4.78 is 0. The van der Waals surface area contributed by atoms with Gasteiger partial charge in [0.25, 0.3) is 0 Å². The van der Waals surface area contributed by atoms with E-state index in [0.717, 1.165) is 0 Å². The van der Waals surface area contributed by atoms with Crippen LogP contribution in [-0.4, -0.2) is 70.3 Å². The molecule has 0 fully saturated rings. The van der Waals surface area contributed by atoms with Gasteiger partial charge in [0.15, 0.2) is 0 Å². The number of hydrogen-bond donors (Lipinski definition) is 7. The van der Waals surface area contributed by atoms with Crippen LogP contribution in [0.5, 0.6) is 0 Å². The van der Waals surface area contributed by atoms with Crippen LogP contribution in [0.15, 0.2) is 0 Å². The van der Waals surface area contributed by atoms with Gasteiger partial charge >= 0.3 is 11.9 Å². The van der Waals surface area contributed by atoms with Gasteiger partial charge in [-0.15, -0.1) is 0 Å². The summed E-state index contributed by atoms with van der Waals surface area (Å²) in [4.78, 5) is 58.2. The van der Waals surface area contributed by atoms with Crippen molar-refractivity contribution >= 4 is 42.3 Å². The van der Waals surface area contributed by atoms with Crippen LogP contribution in [0.25, 0.3) is 0 Å². The molecule has 0 saturated heterocycles. The third-order valence-electron chi connectivity index (χ3n) is 3.62. The van der Waals surface area contributed by atoms with Crippen molar-refractivity contribution in [2.75, 3.05) is 12.3 Å². The average molecular weight is 420 g/mol. The van der Waals surface area contributed by atoms with E-state index in [2.05, 4.69) is 28.6 Å². The molecule has 3 unspecified atom stereocenters. The summed E-state index contributed by atoms with van der Waals surface area (Å²) in [5.41, 5.74) is 5.18. The average Bonchev–Trinajstić information content (AvgIpc) is 2.61. The summed E-state index contributed by atoms with van der Waals surface area (Å²) in [6, 6.07) is -3.52. The van der Waals surface area contributed by atoms with Crippen molar-refractivity contribution in [3.05, 3.63) is 0 Å². The largest absolute Gasteiger partial charge is 0.481 e. The van der Waals surface area contributed by atoms with Crippen molar-refractivity contribution < 1.29 is 34.2 Å². The summed E-state index contributed by atoms with van der Waals surface area (Å²) in [6.07, 6.45) is -0.406. The monoisotopic (exact) mass is 420 g/mol. The second-order valence-electron chi connectivity index (χ2n) is 6.53. The molecule has 0 saturated carbocycles. The minimum absolute atomic E-state index is 0.0114. The molecule has 3 atom stereocenters. The van der Waals surface area contributed by atoms with E-state index in [9.17, 15) is 29.1 Å². The van der Waals surface area contributed by atoms with Crippen LogP contribution in [0.4, 0.5) is 0 Å². The molecule has 0 aromatic carbocycles. The molecule has 0 aliphatic heterocycles. The topological polar surface area (TPSA) is 188 Å². The lowest BCUT2D eigenvalue weighted by Crippen LogP contribution is -2.57. The first kappa shape index (κ1) is 25.7. The number of carboxylic acids is 2. The van der Waals surface area contributed by atoms with Crippen molar-refractivity contribution in [3.63, 3.8) is 0 Å².